The van der Waals surface area contributed by atoms with Crippen LogP contribution in [0.5, 0.6) is 5.75 Å². The van der Waals surface area contributed by atoms with Crippen molar-refractivity contribution >= 4 is 22.5 Å². The van der Waals surface area contributed by atoms with Crippen LogP contribution in [0.3, 0.4) is 0 Å². The van der Waals surface area contributed by atoms with E-state index in [-0.39, 0.29) is 28.1 Å². The van der Waals surface area contributed by atoms with E-state index in [1.165, 1.54) is 0 Å². The van der Waals surface area contributed by atoms with Gasteiger partial charge in [-0.2, -0.15) is 0 Å². The zero-order valence-electron chi connectivity index (χ0n) is 22.9. The van der Waals surface area contributed by atoms with Crippen molar-refractivity contribution in [3.8, 4) is 5.75 Å². The van der Waals surface area contributed by atoms with E-state index in [1.54, 1.807) is 7.11 Å². The molecule has 33 heavy (non-hydrogen) atoms. The number of ether oxygens (including phenoxy) is 1. The molecule has 1 amide bonds. The monoisotopic (exact) mass is 493 g/mol. The van der Waals surface area contributed by atoms with Gasteiger partial charge in [-0.3, -0.25) is 4.79 Å². The lowest BCUT2D eigenvalue weighted by molar-refractivity contribution is -0.143. The first-order valence-electron chi connectivity index (χ1n) is 12.2. The highest BCUT2D eigenvalue weighted by Gasteiger charge is 2.46. The summed E-state index contributed by atoms with van der Waals surface area (Å²) in [5.41, 5.74) is 1.09. The Kier molecular flexibility index (Phi) is 8.70. The molecule has 1 aliphatic rings. The van der Waals surface area contributed by atoms with Gasteiger partial charge in [0.05, 0.1) is 25.9 Å². The van der Waals surface area contributed by atoms with Crippen LogP contribution in [0.2, 0.25) is 36.3 Å². The fraction of sp³-hybridized carbons (Fsp3) is 0.731. The molecule has 1 heterocycles. The average molecular weight is 494 g/mol. The molecular formula is C26H47NO4Si2. The van der Waals surface area contributed by atoms with Crippen LogP contribution >= 0.6 is 0 Å². The summed E-state index contributed by atoms with van der Waals surface area (Å²) >= 11 is 0. The molecule has 0 N–H and O–H groups in total. The third kappa shape index (κ3) is 6.93. The molecular weight excluding hydrogens is 446 g/mol. The number of piperidine rings is 1. The molecule has 1 aromatic rings. The van der Waals surface area contributed by atoms with Crippen LogP contribution < -0.4 is 4.74 Å². The summed E-state index contributed by atoms with van der Waals surface area (Å²) in [6.45, 7) is 23.8. The largest absolute Gasteiger partial charge is 0.497 e. The quantitative estimate of drug-likeness (QED) is 0.383. The molecule has 1 fully saturated rings. The molecule has 0 aromatic heterocycles. The zero-order valence-corrected chi connectivity index (χ0v) is 24.9. The number of hydrogen-bond acceptors (Lipinski definition) is 4. The number of benzene rings is 1. The molecule has 0 saturated carbocycles. The van der Waals surface area contributed by atoms with Crippen molar-refractivity contribution in [2.75, 3.05) is 13.7 Å². The molecule has 2 atom stereocenters. The van der Waals surface area contributed by atoms with Crippen LogP contribution in [0.1, 0.15) is 59.9 Å². The Hall–Kier alpha value is -1.16. The summed E-state index contributed by atoms with van der Waals surface area (Å²) in [6, 6.07) is 7.90. The Morgan fingerprint density at radius 2 is 1.48 bits per heavy atom. The third-order valence-electron chi connectivity index (χ3n) is 7.98. The molecule has 0 bridgehead atoms. The van der Waals surface area contributed by atoms with E-state index in [1.807, 2.05) is 29.2 Å². The smallest absolute Gasteiger partial charge is 0.223 e. The first kappa shape index (κ1) is 28.1. The van der Waals surface area contributed by atoms with Crippen LogP contribution in [-0.4, -0.2) is 53.3 Å². The average Bonchev–Trinajstić information content (AvgIpc) is 2.68. The molecule has 2 rings (SSSR count). The maximum atomic E-state index is 13.2. The minimum absolute atomic E-state index is 0.00777. The van der Waals surface area contributed by atoms with Crippen LogP contribution in [0.25, 0.3) is 0 Å². The first-order chi connectivity index (χ1) is 15.0. The van der Waals surface area contributed by atoms with Gasteiger partial charge in [-0.05, 0) is 60.4 Å². The van der Waals surface area contributed by atoms with E-state index in [0.29, 0.717) is 19.6 Å². The van der Waals surface area contributed by atoms with Crippen molar-refractivity contribution in [3.63, 3.8) is 0 Å². The van der Waals surface area contributed by atoms with E-state index in [9.17, 15) is 4.79 Å². The number of rotatable bonds is 8. The van der Waals surface area contributed by atoms with E-state index < -0.39 is 16.6 Å². The normalized spacial score (nSPS) is 20.8. The predicted octanol–water partition coefficient (Wildman–Crippen LogP) is 6.60. The van der Waals surface area contributed by atoms with Crippen molar-refractivity contribution < 1.29 is 18.4 Å². The van der Waals surface area contributed by atoms with Crippen LogP contribution in [0.15, 0.2) is 24.3 Å². The summed E-state index contributed by atoms with van der Waals surface area (Å²) in [6.07, 6.45) is 1.27. The van der Waals surface area contributed by atoms with Crippen LogP contribution in [-0.2, 0) is 20.2 Å². The lowest BCUT2D eigenvalue weighted by Crippen LogP contribution is -2.59. The summed E-state index contributed by atoms with van der Waals surface area (Å²) in [7, 11) is -2.30. The molecule has 7 heteroatoms. The zero-order chi connectivity index (χ0) is 25.2. The first-order valence-corrected chi connectivity index (χ1v) is 18.0. The molecule has 1 aliphatic heterocycles. The Morgan fingerprint density at radius 3 is 1.97 bits per heavy atom. The standard InChI is InChI=1S/C26H47NO4Si2/c1-25(2,3)32(8,9)30-19-22-23(31-33(10,11)26(4,5)6)16-17-24(28)27(22)18-20-12-14-21(29-7)15-13-20/h12-15,22-23H,16-19H2,1-11H3/t22-,23-/m0/s1. The maximum absolute atomic E-state index is 13.2. The summed E-state index contributed by atoms with van der Waals surface area (Å²) in [5.74, 6) is 1.00. The molecule has 188 valence electrons. The van der Waals surface area contributed by atoms with Crippen molar-refractivity contribution in [2.24, 2.45) is 0 Å². The van der Waals surface area contributed by atoms with Gasteiger partial charge in [-0.25, -0.2) is 0 Å². The molecule has 0 spiro atoms. The van der Waals surface area contributed by atoms with Crippen molar-refractivity contribution in [1.29, 1.82) is 0 Å². The highest BCUT2D eigenvalue weighted by atomic mass is 28.4. The van der Waals surface area contributed by atoms with E-state index >= 15 is 0 Å². The number of carbonyl (C=O) groups excluding carboxylic acids is 1. The van der Waals surface area contributed by atoms with Crippen molar-refractivity contribution in [2.45, 2.75) is 109 Å². The lowest BCUT2D eigenvalue weighted by atomic mass is 9.98. The van der Waals surface area contributed by atoms with Gasteiger partial charge in [-0.15, -0.1) is 0 Å². The van der Waals surface area contributed by atoms with Gasteiger partial charge in [0.15, 0.2) is 16.6 Å². The number of methoxy groups -OCH3 is 1. The van der Waals surface area contributed by atoms with Gasteiger partial charge in [0.1, 0.15) is 5.75 Å². The van der Waals surface area contributed by atoms with Gasteiger partial charge in [0.25, 0.3) is 0 Å². The Labute approximate surface area is 204 Å². The molecule has 5 nitrogen and oxygen atoms in total. The third-order valence-corrected chi connectivity index (χ3v) is 17.0. The molecule has 1 saturated heterocycles. The van der Waals surface area contributed by atoms with Gasteiger partial charge in [0, 0.05) is 13.0 Å². The van der Waals surface area contributed by atoms with E-state index in [4.69, 9.17) is 13.6 Å². The number of carbonyl (C=O) groups is 1. The summed E-state index contributed by atoms with van der Waals surface area (Å²) in [4.78, 5) is 15.2. The fourth-order valence-corrected chi connectivity index (χ4v) is 5.93. The summed E-state index contributed by atoms with van der Waals surface area (Å²) < 4.78 is 18.9. The molecule has 0 aliphatic carbocycles. The minimum atomic E-state index is -2.00. The molecule has 1 aromatic carbocycles. The highest BCUT2D eigenvalue weighted by Crippen LogP contribution is 2.41. The Morgan fingerprint density at radius 1 is 0.939 bits per heavy atom. The van der Waals surface area contributed by atoms with Crippen molar-refractivity contribution in [3.05, 3.63) is 29.8 Å². The Balaban J connectivity index is 2.34. The topological polar surface area (TPSA) is 48.0 Å². The van der Waals surface area contributed by atoms with Gasteiger partial charge in [-0.1, -0.05) is 53.7 Å². The predicted molar refractivity (Wildman–Crippen MR) is 142 cm³/mol. The van der Waals surface area contributed by atoms with E-state index in [0.717, 1.165) is 17.7 Å². The van der Waals surface area contributed by atoms with Gasteiger partial charge < -0.3 is 18.5 Å². The fourth-order valence-electron chi connectivity index (χ4n) is 3.52. The molecule has 0 radical (unpaired) electrons. The van der Waals surface area contributed by atoms with E-state index in [2.05, 4.69) is 67.7 Å². The van der Waals surface area contributed by atoms with Crippen LogP contribution in [0.4, 0.5) is 0 Å². The van der Waals surface area contributed by atoms with Gasteiger partial charge >= 0.3 is 0 Å². The van der Waals surface area contributed by atoms with Crippen LogP contribution in [0, 0.1) is 0 Å². The number of nitrogens with zero attached hydrogens (tertiary/aromatic N) is 1. The number of hydrogen-bond donors (Lipinski definition) is 0. The summed E-state index contributed by atoms with van der Waals surface area (Å²) in [5, 5.41) is 0.225. The second-order valence-electron chi connectivity index (χ2n) is 12.5. The van der Waals surface area contributed by atoms with Gasteiger partial charge in [0.2, 0.25) is 5.91 Å². The second-order valence-corrected chi connectivity index (χ2v) is 22.0. The molecule has 0 unspecified atom stereocenters. The second kappa shape index (κ2) is 10.2. The SMILES string of the molecule is COc1ccc(CN2C(=O)CC[C@H](O[Si](C)(C)C(C)(C)C)[C@@H]2CO[Si](C)(C)C(C)(C)C)cc1. The lowest BCUT2D eigenvalue weighted by Gasteiger charge is -2.48. The Bertz CT molecular complexity index is 794. The maximum Gasteiger partial charge on any atom is 0.223 e. The minimum Gasteiger partial charge on any atom is -0.497 e. The highest BCUT2D eigenvalue weighted by molar-refractivity contribution is 6.74. The number of amides is 1. The number of likely N-dealkylation sites (tertiary alicyclic amines) is 1. The van der Waals surface area contributed by atoms with Crippen molar-refractivity contribution in [1.82, 2.24) is 4.90 Å².